The lowest BCUT2D eigenvalue weighted by Gasteiger charge is -2.10. The molecule has 4 rings (SSSR count). The van der Waals surface area contributed by atoms with Crippen molar-refractivity contribution < 1.29 is 4.92 Å². The van der Waals surface area contributed by atoms with E-state index in [1.165, 1.54) is 23.5 Å². The third kappa shape index (κ3) is 3.10. The Morgan fingerprint density at radius 3 is 2.69 bits per heavy atom. The van der Waals surface area contributed by atoms with Crippen LogP contribution < -0.4 is 5.32 Å². The van der Waals surface area contributed by atoms with E-state index in [0.29, 0.717) is 22.4 Å². The molecule has 2 heterocycles. The number of para-hydroxylation sites is 1. The van der Waals surface area contributed by atoms with Gasteiger partial charge in [-0.1, -0.05) is 29.8 Å². The predicted octanol–water partition coefficient (Wildman–Crippen LogP) is 5.66. The van der Waals surface area contributed by atoms with Gasteiger partial charge in [0.1, 0.15) is 5.82 Å². The van der Waals surface area contributed by atoms with Crippen molar-refractivity contribution in [1.29, 1.82) is 0 Å². The zero-order valence-corrected chi connectivity index (χ0v) is 14.8. The largest absolute Gasteiger partial charge is 0.339 e. The molecule has 0 aliphatic heterocycles. The number of anilines is 2. The molecule has 6 nitrogen and oxygen atoms in total. The highest BCUT2D eigenvalue weighted by Gasteiger charge is 2.14. The maximum absolute atomic E-state index is 11.0. The Morgan fingerprint density at radius 1 is 1.08 bits per heavy atom. The Morgan fingerprint density at radius 2 is 1.92 bits per heavy atom. The van der Waals surface area contributed by atoms with Crippen LogP contribution in [0, 0.1) is 10.1 Å². The molecule has 0 saturated heterocycles. The van der Waals surface area contributed by atoms with Gasteiger partial charge < -0.3 is 5.32 Å². The molecular weight excluding hydrogens is 372 g/mol. The summed E-state index contributed by atoms with van der Waals surface area (Å²) in [6.45, 7) is 0. The standard InChI is InChI=1S/C18H11ClN4O2S/c19-14-8-9-26-16(14)18-21-15-7-2-1-6-13(15)17(22-18)20-11-4-3-5-12(10-11)23(24)25/h1-10H,(H,20,21,22). The lowest BCUT2D eigenvalue weighted by Crippen LogP contribution is -1.99. The lowest BCUT2D eigenvalue weighted by atomic mass is 10.2. The van der Waals surface area contributed by atoms with Crippen LogP contribution in [0.25, 0.3) is 21.6 Å². The van der Waals surface area contributed by atoms with E-state index in [4.69, 9.17) is 11.6 Å². The predicted molar refractivity (Wildman–Crippen MR) is 104 cm³/mol. The molecule has 0 unspecified atom stereocenters. The number of non-ortho nitro benzene ring substituents is 1. The highest BCUT2D eigenvalue weighted by molar-refractivity contribution is 7.14. The van der Waals surface area contributed by atoms with Crippen LogP contribution >= 0.6 is 22.9 Å². The topological polar surface area (TPSA) is 81.0 Å². The van der Waals surface area contributed by atoms with Crippen molar-refractivity contribution in [2.24, 2.45) is 0 Å². The maximum atomic E-state index is 11.0. The van der Waals surface area contributed by atoms with Gasteiger partial charge in [-0.05, 0) is 29.6 Å². The summed E-state index contributed by atoms with van der Waals surface area (Å²) in [6, 6.07) is 15.7. The number of benzene rings is 2. The number of fused-ring (bicyclic) bond motifs is 1. The second-order valence-electron chi connectivity index (χ2n) is 5.44. The molecule has 26 heavy (non-hydrogen) atoms. The van der Waals surface area contributed by atoms with Gasteiger partial charge in [0, 0.05) is 23.2 Å². The van der Waals surface area contributed by atoms with Crippen molar-refractivity contribution in [2.45, 2.75) is 0 Å². The average Bonchev–Trinajstić information content (AvgIpc) is 3.08. The van der Waals surface area contributed by atoms with Crippen LogP contribution in [-0.2, 0) is 0 Å². The van der Waals surface area contributed by atoms with Crippen molar-refractivity contribution in [2.75, 3.05) is 5.32 Å². The quantitative estimate of drug-likeness (QED) is 0.363. The Bertz CT molecular complexity index is 1130. The number of nitrogens with zero attached hydrogens (tertiary/aromatic N) is 3. The summed E-state index contributed by atoms with van der Waals surface area (Å²) < 4.78 is 0. The molecule has 2 aromatic carbocycles. The van der Waals surface area contributed by atoms with Crippen molar-refractivity contribution in [3.8, 4) is 10.7 Å². The van der Waals surface area contributed by atoms with Gasteiger partial charge in [0.15, 0.2) is 5.82 Å². The monoisotopic (exact) mass is 382 g/mol. The molecule has 0 amide bonds. The van der Waals surface area contributed by atoms with E-state index in [-0.39, 0.29) is 5.69 Å². The van der Waals surface area contributed by atoms with Crippen LogP contribution in [-0.4, -0.2) is 14.9 Å². The summed E-state index contributed by atoms with van der Waals surface area (Å²) in [5.41, 5.74) is 1.34. The van der Waals surface area contributed by atoms with E-state index in [9.17, 15) is 10.1 Å². The van der Waals surface area contributed by atoms with E-state index in [2.05, 4.69) is 15.3 Å². The number of nitro groups is 1. The van der Waals surface area contributed by atoms with Gasteiger partial charge in [0.25, 0.3) is 5.69 Å². The number of aromatic nitrogens is 2. The molecular formula is C18H11ClN4O2S. The fourth-order valence-electron chi connectivity index (χ4n) is 2.56. The van der Waals surface area contributed by atoms with E-state index in [1.54, 1.807) is 18.2 Å². The minimum atomic E-state index is -0.430. The van der Waals surface area contributed by atoms with E-state index in [0.717, 1.165) is 15.8 Å². The second-order valence-corrected chi connectivity index (χ2v) is 6.77. The molecule has 4 aromatic rings. The molecule has 1 N–H and O–H groups in total. The maximum Gasteiger partial charge on any atom is 0.271 e. The molecule has 0 atom stereocenters. The number of hydrogen-bond donors (Lipinski definition) is 1. The van der Waals surface area contributed by atoms with E-state index >= 15 is 0 Å². The first kappa shape index (κ1) is 16.4. The number of rotatable bonds is 4. The fraction of sp³-hybridized carbons (Fsp3) is 0. The zero-order valence-electron chi connectivity index (χ0n) is 13.2. The van der Waals surface area contributed by atoms with Crippen molar-refractivity contribution in [3.05, 3.63) is 75.1 Å². The highest BCUT2D eigenvalue weighted by Crippen LogP contribution is 2.34. The Labute approximate surface area is 157 Å². The van der Waals surface area contributed by atoms with Crippen LogP contribution in [0.5, 0.6) is 0 Å². The minimum absolute atomic E-state index is 0.00915. The first-order valence-corrected chi connectivity index (χ1v) is 8.89. The summed E-state index contributed by atoms with van der Waals surface area (Å²) in [4.78, 5) is 20.6. The van der Waals surface area contributed by atoms with Crippen molar-refractivity contribution in [1.82, 2.24) is 9.97 Å². The third-order valence-corrected chi connectivity index (χ3v) is 5.08. The summed E-state index contributed by atoms with van der Waals surface area (Å²) in [5.74, 6) is 1.08. The molecule has 0 radical (unpaired) electrons. The normalized spacial score (nSPS) is 10.8. The number of halogens is 1. The van der Waals surface area contributed by atoms with E-state index < -0.39 is 4.92 Å². The van der Waals surface area contributed by atoms with Crippen molar-refractivity contribution >= 4 is 51.0 Å². The van der Waals surface area contributed by atoms with Crippen molar-refractivity contribution in [3.63, 3.8) is 0 Å². The van der Waals surface area contributed by atoms with Gasteiger partial charge in [-0.15, -0.1) is 11.3 Å². The summed E-state index contributed by atoms with van der Waals surface area (Å²) in [6.07, 6.45) is 0. The molecule has 0 aliphatic rings. The molecule has 128 valence electrons. The van der Waals surface area contributed by atoms with Crippen LogP contribution in [0.4, 0.5) is 17.2 Å². The molecule has 0 aliphatic carbocycles. The number of nitrogens with one attached hydrogen (secondary N) is 1. The third-order valence-electron chi connectivity index (χ3n) is 3.74. The van der Waals surface area contributed by atoms with Gasteiger partial charge in [-0.25, -0.2) is 9.97 Å². The van der Waals surface area contributed by atoms with Gasteiger partial charge in [-0.3, -0.25) is 10.1 Å². The second kappa shape index (κ2) is 6.70. The van der Waals surface area contributed by atoms with Crippen LogP contribution in [0.3, 0.4) is 0 Å². The minimum Gasteiger partial charge on any atom is -0.339 e. The Kier molecular flexibility index (Phi) is 4.24. The Hall–Kier alpha value is -3.03. The number of nitro benzene ring substituents is 1. The highest BCUT2D eigenvalue weighted by atomic mass is 35.5. The molecule has 0 fully saturated rings. The SMILES string of the molecule is O=[N+]([O-])c1cccc(Nc2nc(-c3sccc3Cl)nc3ccccc23)c1. The summed E-state index contributed by atoms with van der Waals surface area (Å²) in [7, 11) is 0. The van der Waals surface area contributed by atoms with Gasteiger partial charge in [0.05, 0.1) is 20.3 Å². The Balaban J connectivity index is 1.84. The fourth-order valence-corrected chi connectivity index (χ4v) is 3.63. The first-order chi connectivity index (χ1) is 12.6. The van der Waals surface area contributed by atoms with Crippen LogP contribution in [0.2, 0.25) is 5.02 Å². The van der Waals surface area contributed by atoms with E-state index in [1.807, 2.05) is 29.6 Å². The van der Waals surface area contributed by atoms with Crippen LogP contribution in [0.15, 0.2) is 60.0 Å². The molecule has 0 spiro atoms. The van der Waals surface area contributed by atoms with Gasteiger partial charge >= 0.3 is 0 Å². The summed E-state index contributed by atoms with van der Waals surface area (Å²) in [5, 5.41) is 17.5. The van der Waals surface area contributed by atoms with Crippen LogP contribution in [0.1, 0.15) is 0 Å². The molecule has 0 bridgehead atoms. The van der Waals surface area contributed by atoms with Gasteiger partial charge in [0.2, 0.25) is 0 Å². The first-order valence-electron chi connectivity index (χ1n) is 7.63. The number of hydrogen-bond acceptors (Lipinski definition) is 6. The smallest absolute Gasteiger partial charge is 0.271 e. The molecule has 2 aromatic heterocycles. The lowest BCUT2D eigenvalue weighted by molar-refractivity contribution is -0.384. The zero-order chi connectivity index (χ0) is 18.1. The molecule has 0 saturated carbocycles. The molecule has 8 heteroatoms. The van der Waals surface area contributed by atoms with Gasteiger partial charge in [-0.2, -0.15) is 0 Å². The average molecular weight is 383 g/mol. The summed E-state index contributed by atoms with van der Waals surface area (Å²) >= 11 is 7.69. The number of thiophene rings is 1.